The third kappa shape index (κ3) is 4.33. The van der Waals surface area contributed by atoms with Gasteiger partial charge in [-0.1, -0.05) is 0 Å². The molecule has 0 unspecified atom stereocenters. The molecule has 3 aromatic carbocycles. The summed E-state index contributed by atoms with van der Waals surface area (Å²) >= 11 is -1.21. The molecular weight excluding hydrogens is 647 g/mol. The van der Waals surface area contributed by atoms with Crippen LogP contribution in [0.4, 0.5) is 0 Å². The number of benzene rings is 3. The topological polar surface area (TPSA) is 120 Å². The Kier molecular flexibility index (Phi) is 6.83. The van der Waals surface area contributed by atoms with Crippen LogP contribution in [0.1, 0.15) is 34.1 Å². The second-order valence-corrected chi connectivity index (χ2v) is 11.1. The molecule has 35 heavy (non-hydrogen) atoms. The van der Waals surface area contributed by atoms with Crippen LogP contribution in [0.5, 0.6) is 23.0 Å². The minimum atomic E-state index is -1.21. The van der Waals surface area contributed by atoms with Crippen molar-refractivity contribution in [3.63, 3.8) is 0 Å². The average molecular weight is 672 g/mol. The second-order valence-electron chi connectivity index (χ2n) is 8.32. The molecule has 9 heteroatoms. The molecule has 3 aromatic rings. The molecule has 4 N–H and O–H groups in total. The zero-order valence-electron chi connectivity index (χ0n) is 19.0. The zero-order valence-corrected chi connectivity index (χ0v) is 22.1. The molecule has 1 aliphatic carbocycles. The van der Waals surface area contributed by atoms with Gasteiger partial charge in [-0.25, -0.2) is 0 Å². The second kappa shape index (κ2) is 10.0. The Morgan fingerprint density at radius 2 is 1.83 bits per heavy atom. The molecule has 1 heterocycles. The summed E-state index contributed by atoms with van der Waals surface area (Å²) in [6.07, 6.45) is 0. The predicted octanol–water partition coefficient (Wildman–Crippen LogP) is 1.98. The average Bonchev–Trinajstić information content (AvgIpc) is 3.48. The molecule has 0 saturated carbocycles. The van der Waals surface area contributed by atoms with Crippen molar-refractivity contribution in [3.05, 3.63) is 76.9 Å². The van der Waals surface area contributed by atoms with Crippen molar-refractivity contribution in [1.82, 2.24) is 0 Å². The van der Waals surface area contributed by atoms with Gasteiger partial charge in [-0.3, -0.25) is 0 Å². The van der Waals surface area contributed by atoms with Crippen molar-refractivity contribution in [2.24, 2.45) is 9.55 Å². The fourth-order valence-electron chi connectivity index (χ4n) is 5.08. The van der Waals surface area contributed by atoms with Crippen molar-refractivity contribution in [3.8, 4) is 23.0 Å². The molecule has 8 nitrogen and oxygen atoms in total. The zero-order chi connectivity index (χ0) is 24.5. The van der Waals surface area contributed by atoms with Gasteiger partial charge in [0.25, 0.3) is 0 Å². The molecule has 2 aliphatic rings. The summed E-state index contributed by atoms with van der Waals surface area (Å²) in [6, 6.07) is 17.1. The van der Waals surface area contributed by atoms with Crippen molar-refractivity contribution in [2.75, 3.05) is 27.1 Å². The van der Waals surface area contributed by atoms with E-state index in [-0.39, 0.29) is 20.0 Å². The van der Waals surface area contributed by atoms with Gasteiger partial charge in [0.05, 0.1) is 0 Å². The first-order valence-corrected chi connectivity index (χ1v) is 14.5. The van der Waals surface area contributed by atoms with E-state index >= 15 is 0 Å². The summed E-state index contributed by atoms with van der Waals surface area (Å²) in [5.74, 6) is -0.264. The van der Waals surface area contributed by atoms with Gasteiger partial charge < -0.3 is 0 Å². The van der Waals surface area contributed by atoms with E-state index in [9.17, 15) is 15.0 Å². The van der Waals surface area contributed by atoms with Crippen LogP contribution in [0.25, 0.3) is 0 Å². The van der Waals surface area contributed by atoms with Crippen LogP contribution < -0.4 is 25.8 Å². The Morgan fingerprint density at radius 1 is 1.03 bits per heavy atom. The van der Waals surface area contributed by atoms with Gasteiger partial charge in [-0.05, 0) is 0 Å². The van der Waals surface area contributed by atoms with Crippen molar-refractivity contribution in [2.45, 2.75) is 11.8 Å². The van der Waals surface area contributed by atoms with Gasteiger partial charge in [-0.15, -0.1) is 0 Å². The fourth-order valence-corrected chi connectivity index (χ4v) is 6.40. The summed E-state index contributed by atoms with van der Waals surface area (Å²) < 4.78 is 29.5. The Bertz CT molecular complexity index is 1260. The van der Waals surface area contributed by atoms with E-state index < -0.39 is 47.6 Å². The van der Waals surface area contributed by atoms with Crippen molar-refractivity contribution in [1.29, 1.82) is 0 Å². The number of carboxylic acid groups (broad SMARTS) is 1. The fraction of sp³-hybridized carbons (Fsp3) is 0.269. The molecule has 3 atom stereocenters. The number of rotatable bonds is 8. The Morgan fingerprint density at radius 3 is 2.57 bits per heavy atom. The number of aliphatic hydroxyl groups is 1. The van der Waals surface area contributed by atoms with Gasteiger partial charge in [0.2, 0.25) is 0 Å². The number of carboxylic acids is 1. The molecule has 0 bridgehead atoms. The number of aliphatic hydroxyl groups excluding tert-OH is 1. The first kappa shape index (κ1) is 23.9. The predicted molar refractivity (Wildman–Crippen MR) is 129 cm³/mol. The monoisotopic (exact) mass is 672 g/mol. The molecule has 0 radical (unpaired) electrons. The quantitative estimate of drug-likeness (QED) is 0.333. The first-order valence-electron chi connectivity index (χ1n) is 11.1. The molecule has 0 amide bonds. The van der Waals surface area contributed by atoms with E-state index in [2.05, 4.69) is 6.07 Å². The van der Waals surface area contributed by atoms with Crippen LogP contribution in [0.2, 0.25) is 0 Å². The summed E-state index contributed by atoms with van der Waals surface area (Å²) in [5.41, 5.74) is 3.45. The Hall–Kier alpha value is -2.85. The van der Waals surface area contributed by atoms with Crippen LogP contribution >= 0.6 is 0 Å². The normalized spacial score (nSPS) is 19.9. The number of fused-ring (bicyclic) bond motifs is 2. The van der Waals surface area contributed by atoms with Gasteiger partial charge in [-0.2, -0.15) is 0 Å². The maximum atomic E-state index is 12.9. The third-order valence-electron chi connectivity index (χ3n) is 6.53. The molecule has 0 spiro atoms. The molecule has 0 saturated heterocycles. The van der Waals surface area contributed by atoms with Crippen molar-refractivity contribution < 1.29 is 34.0 Å². The first-order chi connectivity index (χ1) is 17.0. The van der Waals surface area contributed by atoms with Gasteiger partial charge in [0.1, 0.15) is 0 Å². The van der Waals surface area contributed by atoms with E-state index in [1.165, 1.54) is 0 Å². The number of hydrogen-bond donors (Lipinski definition) is 3. The van der Waals surface area contributed by atoms with Crippen LogP contribution in [0, 0.1) is 5.92 Å². The van der Waals surface area contributed by atoms with E-state index in [1.807, 2.05) is 36.4 Å². The summed E-state index contributed by atoms with van der Waals surface area (Å²) in [7, 11) is 1.56. The number of methoxy groups -OCH3 is 1. The van der Waals surface area contributed by atoms with Crippen LogP contribution in [-0.2, 0) is 4.79 Å². The number of hydrogen-bond acceptors (Lipinski definition) is 7. The van der Waals surface area contributed by atoms with E-state index in [1.54, 1.807) is 19.2 Å². The molecule has 5 rings (SSSR count). The van der Waals surface area contributed by atoms with Crippen LogP contribution in [0.15, 0.2) is 54.6 Å². The molecule has 182 valence electrons. The molecule has 1 aliphatic heterocycles. The Labute approximate surface area is 214 Å². The van der Waals surface area contributed by atoms with E-state index in [0.717, 1.165) is 25.5 Å². The number of carbonyl (C=O) groups is 1. The summed E-state index contributed by atoms with van der Waals surface area (Å²) in [6.45, 7) is 0.0676. The number of aliphatic carboxylic acids is 1. The van der Waals surface area contributed by atoms with E-state index in [0.29, 0.717) is 23.0 Å². The SMILES string of the molecule is COc1ccc([C@@H]2c3c[c]([Po][NH2])ccc3[C@H](c3ccc4c(c3)OCO4)[C@H]2C(=O)O)c(OCCO)c1. The number of ether oxygens (including phenoxy) is 4. The summed E-state index contributed by atoms with van der Waals surface area (Å²) in [5, 5.41) is 19.9. The number of nitrogens with two attached hydrogens (primary N) is 1. The molecule has 0 fully saturated rings. The van der Waals surface area contributed by atoms with Gasteiger partial charge in [0, 0.05) is 0 Å². The Balaban J connectivity index is 1.70. The van der Waals surface area contributed by atoms with Gasteiger partial charge >= 0.3 is 215 Å². The van der Waals surface area contributed by atoms with Crippen molar-refractivity contribution >= 4 is 33.1 Å². The summed E-state index contributed by atoms with van der Waals surface area (Å²) in [4.78, 5) is 12.9. The minimum absolute atomic E-state index is 0.0835. The van der Waals surface area contributed by atoms with Crippen LogP contribution in [-0.4, -0.2) is 67.2 Å². The maximum absolute atomic E-state index is 12.9. The molecular formula is C26H25NO7Po. The standard InChI is InChI=1S/C26H23O7.H2N.Po/c1-30-16-7-8-19(21(13-16)31-11-10-27)24-18-5-3-2-4-17(18)23(25(24)26(28)29)15-6-9-20-22(12-15)33-14-32-20;;/h2,4-9,12-13,23-25,27H,10-11,14H2,1H3,(H,28,29);1H2;/q;-1;+1/t23-,24-,25+;;/m0../s1. The van der Waals surface area contributed by atoms with E-state index in [4.69, 9.17) is 22.6 Å². The third-order valence-corrected chi connectivity index (χ3v) is 8.57. The molecule has 0 aromatic heterocycles. The van der Waals surface area contributed by atoms with Crippen LogP contribution in [0.3, 0.4) is 0 Å². The van der Waals surface area contributed by atoms with Gasteiger partial charge in [0.15, 0.2) is 0 Å².